The normalized spacial score (nSPS) is 14.4. The fraction of sp³-hybridized carbons (Fsp3) is 0.935. The third kappa shape index (κ3) is 56.9. The van der Waals surface area contributed by atoms with E-state index in [1.807, 2.05) is 0 Å². The lowest BCUT2D eigenvalue weighted by molar-refractivity contribution is -0.161. The predicted molar refractivity (Wildman–Crippen MR) is 321 cm³/mol. The van der Waals surface area contributed by atoms with Crippen LogP contribution in [0.5, 0.6) is 0 Å². The van der Waals surface area contributed by atoms with Crippen LogP contribution in [0.1, 0.15) is 299 Å². The molecule has 0 spiro atoms. The second-order valence-electron chi connectivity index (χ2n) is 23.9. The number of esters is 4. The molecular weight excluding hydrogens is 1080 g/mol. The zero-order chi connectivity index (χ0) is 60.3. The molecule has 19 heteroatoms. The smallest absolute Gasteiger partial charge is 0.462 e. The van der Waals surface area contributed by atoms with Crippen molar-refractivity contribution in [1.82, 2.24) is 0 Å². The molecule has 0 radical (unpaired) electrons. The highest BCUT2D eigenvalue weighted by molar-refractivity contribution is 7.47. The van der Waals surface area contributed by atoms with Crippen molar-refractivity contribution < 1.29 is 80.2 Å². The standard InChI is InChI=1S/C62H120O17P2/c1-8-9-10-11-12-16-20-29-36-43-59(64)72-49-58(79-62(67)46-39-32-25-23-28-35-42-55(6)7)52-77-81(70,71)75-48-56(63)47-74-80(68,69)76-51-57(50-73-60(65)44-37-30-24-22-27-34-41-54(4)5)78-61(66)45-38-31-21-18-15-13-14-17-19-26-33-40-53(2)3/h53-58,63H,8-52H2,1-7H3,(H,68,69)(H,70,71)/t56-,57-,58-/m1/s1. The Morgan fingerprint density at radius 2 is 0.568 bits per heavy atom. The molecule has 81 heavy (non-hydrogen) atoms. The SMILES string of the molecule is CCCCCCCCCCCC(=O)OC[C@H](COP(=O)(O)OC[C@H](O)COP(=O)(O)OC[C@@H](COC(=O)CCCCCCCCC(C)C)OC(=O)CCCCCCCCCCCCCC(C)C)OC(=O)CCCCCCCCC(C)C. The summed E-state index contributed by atoms with van der Waals surface area (Å²) in [6.07, 6.45) is 33.8. The lowest BCUT2D eigenvalue weighted by Gasteiger charge is -2.21. The Morgan fingerprint density at radius 1 is 0.333 bits per heavy atom. The van der Waals surface area contributed by atoms with Crippen LogP contribution < -0.4 is 0 Å². The maximum Gasteiger partial charge on any atom is 0.472 e. The molecule has 0 aromatic rings. The Labute approximate surface area is 492 Å². The molecule has 0 saturated carbocycles. The van der Waals surface area contributed by atoms with E-state index in [0.717, 1.165) is 102 Å². The average Bonchev–Trinajstić information content (AvgIpc) is 3.41. The van der Waals surface area contributed by atoms with Gasteiger partial charge in [0, 0.05) is 25.7 Å². The molecule has 0 aliphatic rings. The number of carbonyl (C=O) groups is 4. The minimum Gasteiger partial charge on any atom is -0.462 e. The van der Waals surface area contributed by atoms with Gasteiger partial charge in [0.2, 0.25) is 0 Å². The van der Waals surface area contributed by atoms with Crippen molar-refractivity contribution in [2.24, 2.45) is 17.8 Å². The van der Waals surface area contributed by atoms with Crippen LogP contribution >= 0.6 is 15.6 Å². The molecular formula is C62H120O17P2. The second-order valence-corrected chi connectivity index (χ2v) is 26.8. The van der Waals surface area contributed by atoms with Gasteiger partial charge in [-0.25, -0.2) is 9.13 Å². The molecule has 5 atom stereocenters. The van der Waals surface area contributed by atoms with Crippen molar-refractivity contribution in [2.45, 2.75) is 317 Å². The maximum atomic E-state index is 12.9. The Bertz CT molecular complexity index is 1610. The number of phosphoric ester groups is 2. The summed E-state index contributed by atoms with van der Waals surface area (Å²) in [5, 5.41) is 10.5. The van der Waals surface area contributed by atoms with Gasteiger partial charge >= 0.3 is 39.5 Å². The molecule has 0 saturated heterocycles. The number of aliphatic hydroxyl groups is 1. The highest BCUT2D eigenvalue weighted by Gasteiger charge is 2.30. The van der Waals surface area contributed by atoms with Gasteiger partial charge in [0.1, 0.15) is 19.3 Å². The van der Waals surface area contributed by atoms with Gasteiger partial charge < -0.3 is 33.8 Å². The van der Waals surface area contributed by atoms with Crippen molar-refractivity contribution in [3.63, 3.8) is 0 Å². The van der Waals surface area contributed by atoms with Crippen molar-refractivity contribution in [1.29, 1.82) is 0 Å². The van der Waals surface area contributed by atoms with E-state index in [2.05, 4.69) is 48.5 Å². The number of hydrogen-bond donors (Lipinski definition) is 3. The first-order chi connectivity index (χ1) is 38.7. The zero-order valence-corrected chi connectivity index (χ0v) is 54.0. The van der Waals surface area contributed by atoms with Crippen LogP contribution in [0.4, 0.5) is 0 Å². The average molecular weight is 1200 g/mol. The first kappa shape index (κ1) is 79.1. The van der Waals surface area contributed by atoms with Crippen molar-refractivity contribution in [3.05, 3.63) is 0 Å². The molecule has 0 aromatic carbocycles. The van der Waals surface area contributed by atoms with Gasteiger partial charge in [-0.3, -0.25) is 37.3 Å². The van der Waals surface area contributed by atoms with Crippen molar-refractivity contribution >= 4 is 39.5 Å². The molecule has 480 valence electrons. The van der Waals surface area contributed by atoms with Crippen LogP contribution in [-0.2, 0) is 65.4 Å². The first-order valence-corrected chi connectivity index (χ1v) is 35.3. The van der Waals surface area contributed by atoms with Gasteiger partial charge in [0.05, 0.1) is 26.4 Å². The Hall–Kier alpha value is -1.94. The van der Waals surface area contributed by atoms with Gasteiger partial charge in [-0.15, -0.1) is 0 Å². The first-order valence-electron chi connectivity index (χ1n) is 32.3. The fourth-order valence-electron chi connectivity index (χ4n) is 9.13. The zero-order valence-electron chi connectivity index (χ0n) is 52.2. The number of aliphatic hydroxyl groups excluding tert-OH is 1. The Balaban J connectivity index is 5.22. The molecule has 0 aliphatic heterocycles. The van der Waals surface area contributed by atoms with Crippen LogP contribution in [0.3, 0.4) is 0 Å². The molecule has 0 aromatic heterocycles. The highest BCUT2D eigenvalue weighted by atomic mass is 31.2. The number of carbonyl (C=O) groups excluding carboxylic acids is 4. The van der Waals surface area contributed by atoms with Crippen LogP contribution in [0.15, 0.2) is 0 Å². The van der Waals surface area contributed by atoms with Gasteiger partial charge in [-0.2, -0.15) is 0 Å². The number of rotatable bonds is 60. The maximum absolute atomic E-state index is 12.9. The summed E-state index contributed by atoms with van der Waals surface area (Å²) in [5.41, 5.74) is 0. The highest BCUT2D eigenvalue weighted by Crippen LogP contribution is 2.45. The van der Waals surface area contributed by atoms with Gasteiger partial charge in [-0.05, 0) is 43.4 Å². The summed E-state index contributed by atoms with van der Waals surface area (Å²) >= 11 is 0. The second kappa shape index (κ2) is 53.5. The summed E-state index contributed by atoms with van der Waals surface area (Å²) in [6, 6.07) is 0. The monoisotopic (exact) mass is 1200 g/mol. The minimum atomic E-state index is -4.94. The molecule has 0 rings (SSSR count). The van der Waals surface area contributed by atoms with Crippen LogP contribution in [0.2, 0.25) is 0 Å². The van der Waals surface area contributed by atoms with E-state index in [1.165, 1.54) is 103 Å². The summed E-state index contributed by atoms with van der Waals surface area (Å²) in [7, 11) is -9.88. The van der Waals surface area contributed by atoms with Gasteiger partial charge in [0.15, 0.2) is 12.2 Å². The summed E-state index contributed by atoms with van der Waals surface area (Å²) in [4.78, 5) is 72.0. The van der Waals surface area contributed by atoms with Crippen molar-refractivity contribution in [2.75, 3.05) is 39.6 Å². The third-order valence-electron chi connectivity index (χ3n) is 14.1. The van der Waals surface area contributed by atoms with E-state index in [4.69, 9.17) is 37.0 Å². The number of phosphoric acid groups is 2. The summed E-state index contributed by atoms with van der Waals surface area (Å²) < 4.78 is 67.8. The molecule has 3 N–H and O–H groups in total. The van der Waals surface area contributed by atoms with Crippen LogP contribution in [-0.4, -0.2) is 96.7 Å². The number of unbranched alkanes of at least 4 members (excludes halogenated alkanes) is 28. The predicted octanol–water partition coefficient (Wildman–Crippen LogP) is 16.7. The molecule has 17 nitrogen and oxygen atoms in total. The van der Waals surface area contributed by atoms with Gasteiger partial charge in [-0.1, -0.05) is 248 Å². The molecule has 0 amide bonds. The quantitative estimate of drug-likeness (QED) is 0.0222. The fourth-order valence-corrected chi connectivity index (χ4v) is 10.7. The Morgan fingerprint density at radius 3 is 0.840 bits per heavy atom. The van der Waals surface area contributed by atoms with E-state index in [-0.39, 0.29) is 25.7 Å². The molecule has 0 bridgehead atoms. The van der Waals surface area contributed by atoms with Crippen LogP contribution in [0.25, 0.3) is 0 Å². The summed E-state index contributed by atoms with van der Waals surface area (Å²) in [5.74, 6) is -0.0309. The molecule has 0 heterocycles. The molecule has 0 aliphatic carbocycles. The van der Waals surface area contributed by atoms with Crippen molar-refractivity contribution in [3.8, 4) is 0 Å². The topological polar surface area (TPSA) is 237 Å². The van der Waals surface area contributed by atoms with E-state index in [0.29, 0.717) is 37.5 Å². The third-order valence-corrected chi connectivity index (χ3v) is 16.0. The van der Waals surface area contributed by atoms with Crippen LogP contribution in [0, 0.1) is 17.8 Å². The summed E-state index contributed by atoms with van der Waals surface area (Å²) in [6.45, 7) is 11.6. The van der Waals surface area contributed by atoms with E-state index in [9.17, 15) is 43.2 Å². The largest absolute Gasteiger partial charge is 0.472 e. The van der Waals surface area contributed by atoms with Gasteiger partial charge in [0.25, 0.3) is 0 Å². The minimum absolute atomic E-state index is 0.101. The Kier molecular flexibility index (Phi) is 52.2. The molecule has 2 unspecified atom stereocenters. The van der Waals surface area contributed by atoms with E-state index < -0.39 is 97.5 Å². The molecule has 0 fully saturated rings. The van der Waals surface area contributed by atoms with E-state index >= 15 is 0 Å². The number of hydrogen-bond acceptors (Lipinski definition) is 15. The van der Waals surface area contributed by atoms with E-state index in [1.54, 1.807) is 0 Å². The lowest BCUT2D eigenvalue weighted by atomic mass is 10.0. The number of ether oxygens (including phenoxy) is 4. The lowest BCUT2D eigenvalue weighted by Crippen LogP contribution is -2.30.